The SMILES string of the molecule is On1cnc2cccc(COC3CCCCO3)c21. The standard InChI is InChI=1S/C13H16N2O3/c16-15-9-14-11-5-3-4-10(13(11)15)8-18-12-6-1-2-7-17-12/h3-5,9,12,16H,1-2,6-8H2. The van der Waals surface area contributed by atoms with Gasteiger partial charge in [0.25, 0.3) is 0 Å². The van der Waals surface area contributed by atoms with E-state index < -0.39 is 0 Å². The quantitative estimate of drug-likeness (QED) is 0.847. The van der Waals surface area contributed by atoms with Crippen molar-refractivity contribution in [3.05, 3.63) is 30.1 Å². The molecule has 5 heteroatoms. The van der Waals surface area contributed by atoms with E-state index in [1.165, 1.54) is 6.33 Å². The van der Waals surface area contributed by atoms with Gasteiger partial charge in [-0.3, -0.25) is 0 Å². The van der Waals surface area contributed by atoms with Crippen LogP contribution in [0.4, 0.5) is 0 Å². The Hall–Kier alpha value is -1.59. The van der Waals surface area contributed by atoms with Crippen LogP contribution in [0.1, 0.15) is 24.8 Å². The second-order valence-corrected chi connectivity index (χ2v) is 4.48. The van der Waals surface area contributed by atoms with Crippen LogP contribution in [0.25, 0.3) is 11.0 Å². The third-order valence-corrected chi connectivity index (χ3v) is 3.20. The van der Waals surface area contributed by atoms with Crippen LogP contribution in [0.5, 0.6) is 0 Å². The van der Waals surface area contributed by atoms with Gasteiger partial charge in [-0.05, 0) is 25.3 Å². The van der Waals surface area contributed by atoms with Crippen molar-refractivity contribution >= 4 is 11.0 Å². The first-order chi connectivity index (χ1) is 8.84. The van der Waals surface area contributed by atoms with Gasteiger partial charge in [0, 0.05) is 12.2 Å². The molecule has 18 heavy (non-hydrogen) atoms. The summed E-state index contributed by atoms with van der Waals surface area (Å²) >= 11 is 0. The molecule has 1 N–H and O–H groups in total. The molecule has 0 bridgehead atoms. The van der Waals surface area contributed by atoms with E-state index >= 15 is 0 Å². The lowest BCUT2D eigenvalue weighted by atomic mass is 10.2. The lowest BCUT2D eigenvalue weighted by Crippen LogP contribution is -2.22. The molecule has 0 radical (unpaired) electrons. The largest absolute Gasteiger partial charge is 0.427 e. The number of hydrogen-bond donors (Lipinski definition) is 1. The van der Waals surface area contributed by atoms with Crippen molar-refractivity contribution in [2.75, 3.05) is 6.61 Å². The molecule has 0 amide bonds. The van der Waals surface area contributed by atoms with E-state index in [4.69, 9.17) is 9.47 Å². The minimum atomic E-state index is -0.121. The predicted octanol–water partition coefficient (Wildman–Crippen LogP) is 2.32. The molecule has 1 unspecified atom stereocenters. The summed E-state index contributed by atoms with van der Waals surface area (Å²) in [6.45, 7) is 1.20. The molecule has 3 rings (SSSR count). The fourth-order valence-electron chi connectivity index (χ4n) is 2.26. The number of fused-ring (bicyclic) bond motifs is 1. The van der Waals surface area contributed by atoms with E-state index in [0.29, 0.717) is 12.1 Å². The van der Waals surface area contributed by atoms with Crippen molar-refractivity contribution in [1.29, 1.82) is 0 Å². The molecule has 2 heterocycles. The Morgan fingerprint density at radius 2 is 2.39 bits per heavy atom. The lowest BCUT2D eigenvalue weighted by Gasteiger charge is -2.22. The minimum absolute atomic E-state index is 0.121. The normalized spacial score (nSPS) is 20.3. The van der Waals surface area contributed by atoms with Crippen molar-refractivity contribution in [2.24, 2.45) is 0 Å². The first-order valence-electron chi connectivity index (χ1n) is 6.22. The second kappa shape index (κ2) is 4.96. The maximum Gasteiger partial charge on any atom is 0.158 e. The maximum atomic E-state index is 9.70. The molecular formula is C13H16N2O3. The summed E-state index contributed by atoms with van der Waals surface area (Å²) in [5.74, 6) is 0. The molecular weight excluding hydrogens is 232 g/mol. The van der Waals surface area contributed by atoms with E-state index in [0.717, 1.165) is 41.7 Å². The smallest absolute Gasteiger partial charge is 0.158 e. The molecule has 1 atom stereocenters. The predicted molar refractivity (Wildman–Crippen MR) is 65.3 cm³/mol. The number of para-hydroxylation sites is 1. The van der Waals surface area contributed by atoms with Gasteiger partial charge < -0.3 is 14.7 Å². The Morgan fingerprint density at radius 1 is 1.44 bits per heavy atom. The highest BCUT2D eigenvalue weighted by atomic mass is 16.7. The van der Waals surface area contributed by atoms with Crippen LogP contribution in [-0.2, 0) is 16.1 Å². The van der Waals surface area contributed by atoms with Crippen LogP contribution >= 0.6 is 0 Å². The average Bonchev–Trinajstić information content (AvgIpc) is 2.80. The van der Waals surface area contributed by atoms with Gasteiger partial charge in [-0.1, -0.05) is 12.1 Å². The van der Waals surface area contributed by atoms with Crippen LogP contribution < -0.4 is 0 Å². The number of hydrogen-bond acceptors (Lipinski definition) is 4. The van der Waals surface area contributed by atoms with Crippen molar-refractivity contribution in [1.82, 2.24) is 9.71 Å². The van der Waals surface area contributed by atoms with Crippen LogP contribution in [0.2, 0.25) is 0 Å². The molecule has 1 aromatic heterocycles. The van der Waals surface area contributed by atoms with Crippen molar-refractivity contribution in [3.63, 3.8) is 0 Å². The van der Waals surface area contributed by atoms with Gasteiger partial charge in [-0.15, -0.1) is 0 Å². The number of ether oxygens (including phenoxy) is 2. The molecule has 1 aromatic carbocycles. The zero-order valence-electron chi connectivity index (χ0n) is 10.1. The summed E-state index contributed by atoms with van der Waals surface area (Å²) in [7, 11) is 0. The van der Waals surface area contributed by atoms with Crippen molar-refractivity contribution in [3.8, 4) is 0 Å². The monoisotopic (exact) mass is 248 g/mol. The van der Waals surface area contributed by atoms with Gasteiger partial charge in [0.15, 0.2) is 6.29 Å². The third kappa shape index (κ3) is 2.19. The van der Waals surface area contributed by atoms with Crippen LogP contribution in [-0.4, -0.2) is 27.8 Å². The Labute approximate surface area is 105 Å². The Kier molecular flexibility index (Phi) is 3.17. The van der Waals surface area contributed by atoms with E-state index in [-0.39, 0.29) is 6.29 Å². The third-order valence-electron chi connectivity index (χ3n) is 3.20. The number of benzene rings is 1. The number of nitrogens with zero attached hydrogens (tertiary/aromatic N) is 2. The summed E-state index contributed by atoms with van der Waals surface area (Å²) < 4.78 is 12.3. The summed E-state index contributed by atoms with van der Waals surface area (Å²) in [5.41, 5.74) is 2.39. The lowest BCUT2D eigenvalue weighted by molar-refractivity contribution is -0.168. The average molecular weight is 248 g/mol. The highest BCUT2D eigenvalue weighted by molar-refractivity contribution is 5.78. The van der Waals surface area contributed by atoms with Gasteiger partial charge in [0.2, 0.25) is 0 Å². The molecule has 0 saturated carbocycles. The zero-order valence-corrected chi connectivity index (χ0v) is 10.1. The fraction of sp³-hybridized carbons (Fsp3) is 0.462. The molecule has 0 aliphatic carbocycles. The minimum Gasteiger partial charge on any atom is -0.427 e. The van der Waals surface area contributed by atoms with Gasteiger partial charge in [-0.25, -0.2) is 4.98 Å². The molecule has 1 aliphatic rings. The molecule has 96 valence electrons. The van der Waals surface area contributed by atoms with Gasteiger partial charge >= 0.3 is 0 Å². The molecule has 0 spiro atoms. The molecule has 1 aliphatic heterocycles. The summed E-state index contributed by atoms with van der Waals surface area (Å²) in [6.07, 6.45) is 4.47. The van der Waals surface area contributed by atoms with Gasteiger partial charge in [-0.2, -0.15) is 4.73 Å². The molecule has 1 fully saturated rings. The van der Waals surface area contributed by atoms with Crippen LogP contribution in [0, 0.1) is 0 Å². The Morgan fingerprint density at radius 3 is 3.22 bits per heavy atom. The molecule has 5 nitrogen and oxygen atoms in total. The van der Waals surface area contributed by atoms with E-state index in [1.54, 1.807) is 0 Å². The van der Waals surface area contributed by atoms with Crippen molar-refractivity contribution in [2.45, 2.75) is 32.2 Å². The number of imidazole rings is 1. The maximum absolute atomic E-state index is 9.70. The van der Waals surface area contributed by atoms with Crippen molar-refractivity contribution < 1.29 is 14.7 Å². The summed E-state index contributed by atoms with van der Waals surface area (Å²) in [4.78, 5) is 4.10. The van der Waals surface area contributed by atoms with E-state index in [9.17, 15) is 5.21 Å². The molecule has 1 saturated heterocycles. The fourth-order valence-corrected chi connectivity index (χ4v) is 2.26. The van der Waals surface area contributed by atoms with Crippen LogP contribution in [0.3, 0.4) is 0 Å². The topological polar surface area (TPSA) is 56.5 Å². The summed E-state index contributed by atoms with van der Waals surface area (Å²) in [6, 6.07) is 5.71. The number of rotatable bonds is 3. The molecule has 2 aromatic rings. The first-order valence-corrected chi connectivity index (χ1v) is 6.22. The first kappa shape index (κ1) is 11.5. The van der Waals surface area contributed by atoms with E-state index in [2.05, 4.69) is 4.98 Å². The van der Waals surface area contributed by atoms with Crippen LogP contribution in [0.15, 0.2) is 24.5 Å². The van der Waals surface area contributed by atoms with Gasteiger partial charge in [0.05, 0.1) is 12.1 Å². The van der Waals surface area contributed by atoms with Gasteiger partial charge in [0.1, 0.15) is 11.8 Å². The number of aromatic nitrogens is 2. The second-order valence-electron chi connectivity index (χ2n) is 4.48. The zero-order chi connectivity index (χ0) is 12.4. The Balaban J connectivity index is 1.75. The highest BCUT2D eigenvalue weighted by Crippen LogP contribution is 2.20. The highest BCUT2D eigenvalue weighted by Gasteiger charge is 2.15. The van der Waals surface area contributed by atoms with E-state index in [1.807, 2.05) is 18.2 Å². The summed E-state index contributed by atoms with van der Waals surface area (Å²) in [5, 5.41) is 9.70. The Bertz CT molecular complexity index is 532.